The largest absolute Gasteiger partial charge is 0.496 e. The van der Waals surface area contributed by atoms with Gasteiger partial charge in [-0.2, -0.15) is 0 Å². The number of carbonyl (C=O) groups is 1. The first-order valence-corrected chi connectivity index (χ1v) is 11.5. The van der Waals surface area contributed by atoms with E-state index in [1.807, 2.05) is 30.3 Å². The Hall–Kier alpha value is -2.38. The van der Waals surface area contributed by atoms with E-state index in [1.54, 1.807) is 19.2 Å². The van der Waals surface area contributed by atoms with Crippen molar-refractivity contribution in [2.45, 2.75) is 50.0 Å². The summed E-state index contributed by atoms with van der Waals surface area (Å²) in [6.45, 7) is 0.602. The predicted octanol–water partition coefficient (Wildman–Crippen LogP) is 2.95. The van der Waals surface area contributed by atoms with E-state index in [4.69, 9.17) is 4.74 Å². The zero-order chi connectivity index (χ0) is 20.7. The molecule has 2 aromatic carbocycles. The minimum atomic E-state index is -3.55. The SMILES string of the molecule is COc1ccccc1CNC(=O)CCCNS(=O)(=O)c1ccc2c(c1)CCCC2. The molecule has 1 aliphatic rings. The van der Waals surface area contributed by atoms with Gasteiger partial charge in [0.1, 0.15) is 5.75 Å². The van der Waals surface area contributed by atoms with Gasteiger partial charge in [0.25, 0.3) is 0 Å². The molecule has 0 unspecified atom stereocenters. The molecule has 7 heteroatoms. The maximum absolute atomic E-state index is 12.5. The molecule has 3 rings (SSSR count). The van der Waals surface area contributed by atoms with Gasteiger partial charge in [-0.3, -0.25) is 4.79 Å². The van der Waals surface area contributed by atoms with Crippen LogP contribution in [0.25, 0.3) is 0 Å². The first kappa shape index (κ1) is 21.3. The van der Waals surface area contributed by atoms with E-state index in [9.17, 15) is 13.2 Å². The van der Waals surface area contributed by atoms with Crippen LogP contribution >= 0.6 is 0 Å². The van der Waals surface area contributed by atoms with Crippen molar-refractivity contribution in [3.05, 3.63) is 59.2 Å². The number of aryl methyl sites for hydroxylation is 2. The van der Waals surface area contributed by atoms with Gasteiger partial charge in [0.15, 0.2) is 0 Å². The molecule has 6 nitrogen and oxygen atoms in total. The van der Waals surface area contributed by atoms with E-state index in [0.717, 1.165) is 42.6 Å². The molecule has 2 N–H and O–H groups in total. The quantitative estimate of drug-likeness (QED) is 0.616. The van der Waals surface area contributed by atoms with Gasteiger partial charge < -0.3 is 10.1 Å². The molecule has 0 aromatic heterocycles. The van der Waals surface area contributed by atoms with Gasteiger partial charge in [-0.25, -0.2) is 13.1 Å². The number of fused-ring (bicyclic) bond motifs is 1. The van der Waals surface area contributed by atoms with E-state index in [2.05, 4.69) is 10.0 Å². The Morgan fingerprint density at radius 2 is 1.83 bits per heavy atom. The second-order valence-electron chi connectivity index (χ2n) is 7.23. The number of hydrogen-bond acceptors (Lipinski definition) is 4. The number of amides is 1. The molecule has 1 aliphatic carbocycles. The third-order valence-corrected chi connectivity index (χ3v) is 6.63. The van der Waals surface area contributed by atoms with Crippen molar-refractivity contribution in [2.24, 2.45) is 0 Å². The highest BCUT2D eigenvalue weighted by Crippen LogP contribution is 2.24. The Bertz CT molecular complexity index is 957. The summed E-state index contributed by atoms with van der Waals surface area (Å²) in [6.07, 6.45) is 4.91. The highest BCUT2D eigenvalue weighted by molar-refractivity contribution is 7.89. The first-order chi connectivity index (χ1) is 14.0. The van der Waals surface area contributed by atoms with Gasteiger partial charge >= 0.3 is 0 Å². The number of ether oxygens (including phenoxy) is 1. The molecule has 1 amide bonds. The van der Waals surface area contributed by atoms with Crippen molar-refractivity contribution in [3.63, 3.8) is 0 Å². The molecule has 0 atom stereocenters. The number of carbonyl (C=O) groups excluding carboxylic acids is 1. The summed E-state index contributed by atoms with van der Waals surface area (Å²) >= 11 is 0. The number of nitrogens with one attached hydrogen (secondary N) is 2. The van der Waals surface area contributed by atoms with Gasteiger partial charge in [-0.05, 0) is 61.4 Å². The number of para-hydroxylation sites is 1. The van der Waals surface area contributed by atoms with Gasteiger partial charge in [-0.1, -0.05) is 24.3 Å². The lowest BCUT2D eigenvalue weighted by atomic mass is 9.92. The van der Waals surface area contributed by atoms with Crippen molar-refractivity contribution >= 4 is 15.9 Å². The van der Waals surface area contributed by atoms with Gasteiger partial charge in [-0.15, -0.1) is 0 Å². The van der Waals surface area contributed by atoms with E-state index < -0.39 is 10.0 Å². The molecule has 29 heavy (non-hydrogen) atoms. The summed E-state index contributed by atoms with van der Waals surface area (Å²) in [4.78, 5) is 12.3. The fraction of sp³-hybridized carbons (Fsp3) is 0.409. The fourth-order valence-corrected chi connectivity index (χ4v) is 4.67. The standard InChI is InChI=1S/C22H28N2O4S/c1-28-21-10-5-4-9-19(21)16-23-22(25)11-6-14-24-29(26,27)20-13-12-17-7-2-3-8-18(17)15-20/h4-5,9-10,12-13,15,24H,2-3,6-8,11,14,16H2,1H3,(H,23,25). The highest BCUT2D eigenvalue weighted by Gasteiger charge is 2.17. The molecular formula is C22H28N2O4S. The predicted molar refractivity (Wildman–Crippen MR) is 112 cm³/mol. The van der Waals surface area contributed by atoms with E-state index in [1.165, 1.54) is 5.56 Å². The van der Waals surface area contributed by atoms with Crippen LogP contribution in [0.2, 0.25) is 0 Å². The Morgan fingerprint density at radius 3 is 2.62 bits per heavy atom. The van der Waals surface area contributed by atoms with Gasteiger partial charge in [0.2, 0.25) is 15.9 Å². The number of sulfonamides is 1. The molecule has 0 radical (unpaired) electrons. The first-order valence-electron chi connectivity index (χ1n) is 9.99. The molecule has 0 heterocycles. The van der Waals surface area contributed by atoms with Gasteiger partial charge in [0, 0.05) is 25.1 Å². The summed E-state index contributed by atoms with van der Waals surface area (Å²) in [6, 6.07) is 12.9. The van der Waals surface area contributed by atoms with Crippen LogP contribution in [0.15, 0.2) is 47.4 Å². The molecule has 0 aliphatic heterocycles. The lowest BCUT2D eigenvalue weighted by Gasteiger charge is -2.16. The Balaban J connectivity index is 1.44. The van der Waals surface area contributed by atoms with Crippen LogP contribution in [0.3, 0.4) is 0 Å². The summed E-state index contributed by atoms with van der Waals surface area (Å²) in [5.41, 5.74) is 3.29. The molecule has 156 valence electrons. The van der Waals surface area contributed by atoms with Crippen LogP contribution in [0, 0.1) is 0 Å². The van der Waals surface area contributed by atoms with Crippen molar-refractivity contribution in [1.29, 1.82) is 0 Å². The van der Waals surface area contributed by atoms with Crippen molar-refractivity contribution < 1.29 is 17.9 Å². The Kier molecular flexibility index (Phi) is 7.28. The topological polar surface area (TPSA) is 84.5 Å². The lowest BCUT2D eigenvalue weighted by molar-refractivity contribution is -0.121. The molecule has 0 saturated carbocycles. The van der Waals surface area contributed by atoms with E-state index in [-0.39, 0.29) is 18.9 Å². The average molecular weight is 417 g/mol. The van der Waals surface area contributed by atoms with Crippen LogP contribution < -0.4 is 14.8 Å². The number of rotatable bonds is 9. The van der Waals surface area contributed by atoms with E-state index >= 15 is 0 Å². The number of methoxy groups -OCH3 is 1. The zero-order valence-electron chi connectivity index (χ0n) is 16.7. The highest BCUT2D eigenvalue weighted by atomic mass is 32.2. The lowest BCUT2D eigenvalue weighted by Crippen LogP contribution is -2.27. The van der Waals surface area contributed by atoms with Crippen LogP contribution in [0.1, 0.15) is 42.4 Å². The van der Waals surface area contributed by atoms with Crippen LogP contribution in [0.5, 0.6) is 5.75 Å². The maximum atomic E-state index is 12.5. The Morgan fingerprint density at radius 1 is 1.07 bits per heavy atom. The summed E-state index contributed by atoms with van der Waals surface area (Å²) in [7, 11) is -1.96. The fourth-order valence-electron chi connectivity index (χ4n) is 3.55. The van der Waals surface area contributed by atoms with Crippen LogP contribution in [-0.2, 0) is 34.2 Å². The van der Waals surface area contributed by atoms with Crippen LogP contribution in [-0.4, -0.2) is 28.0 Å². The van der Waals surface area contributed by atoms with Crippen molar-refractivity contribution in [1.82, 2.24) is 10.0 Å². The second kappa shape index (κ2) is 9.89. The number of hydrogen-bond donors (Lipinski definition) is 2. The van der Waals surface area contributed by atoms with Gasteiger partial charge in [0.05, 0.1) is 12.0 Å². The third-order valence-electron chi connectivity index (χ3n) is 5.17. The average Bonchev–Trinajstić information content (AvgIpc) is 2.75. The molecule has 0 bridgehead atoms. The monoisotopic (exact) mass is 416 g/mol. The third kappa shape index (κ3) is 5.81. The maximum Gasteiger partial charge on any atom is 0.240 e. The normalized spacial score (nSPS) is 13.6. The smallest absolute Gasteiger partial charge is 0.240 e. The molecule has 0 spiro atoms. The number of benzene rings is 2. The molecule has 2 aromatic rings. The zero-order valence-corrected chi connectivity index (χ0v) is 17.6. The minimum absolute atomic E-state index is 0.121. The minimum Gasteiger partial charge on any atom is -0.496 e. The van der Waals surface area contributed by atoms with Crippen LogP contribution in [0.4, 0.5) is 0 Å². The Labute approximate surface area is 172 Å². The second-order valence-corrected chi connectivity index (χ2v) is 8.99. The summed E-state index contributed by atoms with van der Waals surface area (Å²) < 4.78 is 32.9. The summed E-state index contributed by atoms with van der Waals surface area (Å²) in [5, 5.41) is 2.84. The van der Waals surface area contributed by atoms with E-state index in [0.29, 0.717) is 17.9 Å². The van der Waals surface area contributed by atoms with Crippen molar-refractivity contribution in [3.8, 4) is 5.75 Å². The molecule has 0 saturated heterocycles. The molecule has 0 fully saturated rings. The summed E-state index contributed by atoms with van der Waals surface area (Å²) in [5.74, 6) is 0.606. The van der Waals surface area contributed by atoms with Crippen molar-refractivity contribution in [2.75, 3.05) is 13.7 Å². The molecular weight excluding hydrogens is 388 g/mol.